The number of H-pyrrole nitrogens is 1. The molecule has 1 atom stereocenters. The summed E-state index contributed by atoms with van der Waals surface area (Å²) in [7, 11) is 0. The van der Waals surface area contributed by atoms with Crippen molar-refractivity contribution in [1.82, 2.24) is 14.9 Å². The van der Waals surface area contributed by atoms with Crippen molar-refractivity contribution in [1.29, 1.82) is 0 Å². The lowest BCUT2D eigenvalue weighted by Gasteiger charge is -2.24. The van der Waals surface area contributed by atoms with Gasteiger partial charge in [0.15, 0.2) is 5.16 Å². The molecule has 2 heterocycles. The second kappa shape index (κ2) is 5.83. The minimum atomic E-state index is -0.443. The van der Waals surface area contributed by atoms with Crippen LogP contribution in [0.4, 0.5) is 4.79 Å². The van der Waals surface area contributed by atoms with Crippen LogP contribution in [0.2, 0.25) is 0 Å². The van der Waals surface area contributed by atoms with Gasteiger partial charge in [0.05, 0.1) is 11.0 Å². The van der Waals surface area contributed by atoms with E-state index in [4.69, 9.17) is 4.74 Å². The fraction of sp³-hybridized carbons (Fsp3) is 0.500. The maximum atomic E-state index is 12.1. The number of benzene rings is 1. The largest absolute Gasteiger partial charge is 0.444 e. The summed E-state index contributed by atoms with van der Waals surface area (Å²) in [6, 6.07) is 8.00. The number of nitrogens with one attached hydrogen (secondary N) is 1. The highest BCUT2D eigenvalue weighted by Crippen LogP contribution is 2.30. The average molecular weight is 319 g/mol. The zero-order chi connectivity index (χ0) is 15.7. The molecule has 1 N–H and O–H groups in total. The van der Waals surface area contributed by atoms with Gasteiger partial charge in [0.2, 0.25) is 0 Å². The standard InChI is InChI=1S/C16H21N3O2S/c1-16(2,3)21-15(20)19-9-8-11(10-19)22-14-17-12-6-4-5-7-13(12)18-14/h4-7,11H,8-10H2,1-3H3,(H,17,18)/t11-/m1/s1. The van der Waals surface area contributed by atoms with E-state index in [-0.39, 0.29) is 6.09 Å². The van der Waals surface area contributed by atoms with Crippen molar-refractivity contribution >= 4 is 28.9 Å². The van der Waals surface area contributed by atoms with Crippen molar-refractivity contribution < 1.29 is 9.53 Å². The lowest BCUT2D eigenvalue weighted by atomic mass is 10.2. The number of fused-ring (bicyclic) bond motifs is 1. The summed E-state index contributed by atoms with van der Waals surface area (Å²) in [6.45, 7) is 7.12. The molecule has 1 amide bonds. The molecule has 0 bridgehead atoms. The molecule has 1 aliphatic rings. The Morgan fingerprint density at radius 3 is 2.91 bits per heavy atom. The number of aromatic amines is 1. The van der Waals surface area contributed by atoms with Gasteiger partial charge in [-0.3, -0.25) is 0 Å². The molecule has 3 rings (SSSR count). The van der Waals surface area contributed by atoms with Crippen LogP contribution in [0.25, 0.3) is 11.0 Å². The lowest BCUT2D eigenvalue weighted by molar-refractivity contribution is 0.0295. The van der Waals surface area contributed by atoms with Gasteiger partial charge in [-0.05, 0) is 39.3 Å². The van der Waals surface area contributed by atoms with Crippen molar-refractivity contribution in [2.75, 3.05) is 13.1 Å². The molecule has 6 heteroatoms. The maximum Gasteiger partial charge on any atom is 0.410 e. The number of carbonyl (C=O) groups excluding carboxylic acids is 1. The van der Waals surface area contributed by atoms with Crippen LogP contribution >= 0.6 is 11.8 Å². The molecule has 1 fully saturated rings. The minimum Gasteiger partial charge on any atom is -0.444 e. The molecule has 118 valence electrons. The number of hydrogen-bond donors (Lipinski definition) is 1. The molecular weight excluding hydrogens is 298 g/mol. The van der Waals surface area contributed by atoms with E-state index < -0.39 is 5.60 Å². The van der Waals surface area contributed by atoms with Gasteiger partial charge in [-0.15, -0.1) is 0 Å². The molecule has 0 radical (unpaired) electrons. The predicted octanol–water partition coefficient (Wildman–Crippen LogP) is 3.66. The first-order chi connectivity index (χ1) is 10.4. The zero-order valence-electron chi connectivity index (χ0n) is 13.1. The third-order valence-electron chi connectivity index (χ3n) is 3.44. The zero-order valence-corrected chi connectivity index (χ0v) is 13.9. The SMILES string of the molecule is CC(C)(C)OC(=O)N1CC[C@@H](Sc2nc3ccccc3[nH]2)C1. The predicted molar refractivity (Wildman–Crippen MR) is 88.2 cm³/mol. The number of carbonyl (C=O) groups is 1. The van der Waals surface area contributed by atoms with Crippen molar-refractivity contribution in [2.24, 2.45) is 0 Å². The van der Waals surface area contributed by atoms with Gasteiger partial charge in [0, 0.05) is 18.3 Å². The molecule has 0 unspecified atom stereocenters. The molecule has 1 aromatic carbocycles. The van der Waals surface area contributed by atoms with E-state index in [1.165, 1.54) is 0 Å². The van der Waals surface area contributed by atoms with E-state index in [1.807, 2.05) is 45.0 Å². The summed E-state index contributed by atoms with van der Waals surface area (Å²) in [6.07, 6.45) is 0.737. The highest BCUT2D eigenvalue weighted by Gasteiger charge is 2.30. The fourth-order valence-electron chi connectivity index (χ4n) is 2.46. The Labute approximate surface area is 134 Å². The number of ether oxygens (including phenoxy) is 1. The second-order valence-corrected chi connectivity index (χ2v) is 7.80. The molecule has 0 saturated carbocycles. The van der Waals surface area contributed by atoms with Gasteiger partial charge < -0.3 is 14.6 Å². The van der Waals surface area contributed by atoms with E-state index in [2.05, 4.69) is 9.97 Å². The summed E-state index contributed by atoms with van der Waals surface area (Å²) in [5.74, 6) is 0. The van der Waals surface area contributed by atoms with Gasteiger partial charge in [-0.1, -0.05) is 23.9 Å². The van der Waals surface area contributed by atoms with E-state index >= 15 is 0 Å². The van der Waals surface area contributed by atoms with Crippen LogP contribution in [0.3, 0.4) is 0 Å². The van der Waals surface area contributed by atoms with Crippen LogP contribution in [0.1, 0.15) is 27.2 Å². The molecule has 1 aliphatic heterocycles. The first-order valence-electron chi connectivity index (χ1n) is 7.50. The van der Waals surface area contributed by atoms with Crippen molar-refractivity contribution in [3.63, 3.8) is 0 Å². The topological polar surface area (TPSA) is 58.2 Å². The number of nitrogens with zero attached hydrogens (tertiary/aromatic N) is 2. The van der Waals surface area contributed by atoms with Crippen LogP contribution in [0.5, 0.6) is 0 Å². The third kappa shape index (κ3) is 3.55. The Bertz CT molecular complexity index is 644. The number of thioether (sulfide) groups is 1. The van der Waals surface area contributed by atoms with Gasteiger partial charge in [0.1, 0.15) is 5.60 Å². The van der Waals surface area contributed by atoms with Crippen LogP contribution in [-0.4, -0.2) is 44.9 Å². The molecule has 5 nitrogen and oxygen atoms in total. The Morgan fingerprint density at radius 1 is 1.41 bits per heavy atom. The highest BCUT2D eigenvalue weighted by atomic mass is 32.2. The first kappa shape index (κ1) is 15.2. The number of amides is 1. The lowest BCUT2D eigenvalue weighted by Crippen LogP contribution is -2.35. The molecule has 22 heavy (non-hydrogen) atoms. The van der Waals surface area contributed by atoms with Crippen LogP contribution < -0.4 is 0 Å². The van der Waals surface area contributed by atoms with Gasteiger partial charge in [-0.2, -0.15) is 0 Å². The van der Waals surface area contributed by atoms with Crippen molar-refractivity contribution in [3.05, 3.63) is 24.3 Å². The van der Waals surface area contributed by atoms with Crippen molar-refractivity contribution in [3.8, 4) is 0 Å². The number of para-hydroxylation sites is 2. The normalized spacial score (nSPS) is 18.9. The Balaban J connectivity index is 1.60. The second-order valence-electron chi connectivity index (χ2n) is 6.51. The van der Waals surface area contributed by atoms with Crippen LogP contribution in [0, 0.1) is 0 Å². The van der Waals surface area contributed by atoms with E-state index in [1.54, 1.807) is 16.7 Å². The minimum absolute atomic E-state index is 0.222. The van der Waals surface area contributed by atoms with E-state index in [0.29, 0.717) is 11.8 Å². The molecule has 2 aromatic rings. The van der Waals surface area contributed by atoms with Gasteiger partial charge in [-0.25, -0.2) is 9.78 Å². The van der Waals surface area contributed by atoms with Gasteiger partial charge >= 0.3 is 6.09 Å². The van der Waals surface area contributed by atoms with Crippen molar-refractivity contribution in [2.45, 2.75) is 43.2 Å². The summed E-state index contributed by atoms with van der Waals surface area (Å²) in [5.41, 5.74) is 1.58. The maximum absolute atomic E-state index is 12.1. The Kier molecular flexibility index (Phi) is 4.04. The number of imidazole rings is 1. The summed E-state index contributed by atoms with van der Waals surface area (Å²) in [4.78, 5) is 21.8. The van der Waals surface area contributed by atoms with Crippen LogP contribution in [-0.2, 0) is 4.74 Å². The monoisotopic (exact) mass is 319 g/mol. The first-order valence-corrected chi connectivity index (χ1v) is 8.38. The smallest absolute Gasteiger partial charge is 0.410 e. The molecule has 0 aliphatic carbocycles. The quantitative estimate of drug-likeness (QED) is 0.917. The molecule has 1 aromatic heterocycles. The number of aromatic nitrogens is 2. The Morgan fingerprint density at radius 2 is 2.18 bits per heavy atom. The number of likely N-dealkylation sites (tertiary alicyclic amines) is 1. The molecule has 1 saturated heterocycles. The molecule has 0 spiro atoms. The van der Waals surface area contributed by atoms with E-state index in [9.17, 15) is 4.79 Å². The van der Waals surface area contributed by atoms with Gasteiger partial charge in [0.25, 0.3) is 0 Å². The van der Waals surface area contributed by atoms with Crippen LogP contribution in [0.15, 0.2) is 29.4 Å². The number of rotatable bonds is 2. The Hall–Kier alpha value is -1.69. The average Bonchev–Trinajstić information content (AvgIpc) is 3.02. The molecular formula is C16H21N3O2S. The summed E-state index contributed by atoms with van der Waals surface area (Å²) < 4.78 is 5.42. The fourth-order valence-corrected chi connectivity index (χ4v) is 3.57. The number of hydrogen-bond acceptors (Lipinski definition) is 4. The summed E-state index contributed by atoms with van der Waals surface area (Å²) in [5, 5.41) is 1.27. The van der Waals surface area contributed by atoms with E-state index in [0.717, 1.165) is 29.2 Å². The summed E-state index contributed by atoms with van der Waals surface area (Å²) >= 11 is 1.70. The highest BCUT2D eigenvalue weighted by molar-refractivity contribution is 7.99. The third-order valence-corrected chi connectivity index (χ3v) is 4.58.